The molecule has 0 spiro atoms. The molecule has 0 fully saturated rings. The number of halogens is 1. The van der Waals surface area contributed by atoms with Crippen LogP contribution < -0.4 is 4.90 Å². The molecule has 0 aliphatic rings. The summed E-state index contributed by atoms with van der Waals surface area (Å²) in [6.07, 6.45) is 4.77. The third kappa shape index (κ3) is 4.12. The zero-order valence-corrected chi connectivity index (χ0v) is 11.6. The molecule has 0 N–H and O–H groups in total. The average Bonchev–Trinajstić information content (AvgIpc) is 2.19. The van der Waals surface area contributed by atoms with Gasteiger partial charge in [0.1, 0.15) is 5.60 Å². The number of hydrogen-bond donors (Lipinski definition) is 0. The summed E-state index contributed by atoms with van der Waals surface area (Å²) >= 11 is 3.32. The Hall–Kier alpha value is -1.47. The number of hydrogen-bond acceptors (Lipinski definition) is 2. The average molecular weight is 296 g/mol. The van der Waals surface area contributed by atoms with E-state index in [1.807, 2.05) is 12.1 Å². The maximum atomic E-state index is 11.8. The normalized spacial score (nSPS) is 10.5. The van der Waals surface area contributed by atoms with Crippen molar-refractivity contribution in [1.29, 1.82) is 0 Å². The number of nitrogens with zero attached hydrogens (tertiary/aromatic N) is 1. The minimum absolute atomic E-state index is 0.553. The second kappa shape index (κ2) is 5.24. The van der Waals surface area contributed by atoms with Crippen molar-refractivity contribution in [1.82, 2.24) is 0 Å². The molecule has 90 valence electrons. The molecule has 0 unspecified atom stereocenters. The number of anilines is 1. The van der Waals surface area contributed by atoms with Crippen LogP contribution >= 0.6 is 15.9 Å². The minimum atomic E-state index is -0.568. The first-order valence-electron chi connectivity index (χ1n) is 5.08. The van der Waals surface area contributed by atoms with Gasteiger partial charge < -0.3 is 4.74 Å². The number of carbonyl (C=O) groups excluding carboxylic acids is 1. The van der Waals surface area contributed by atoms with Crippen molar-refractivity contribution in [2.45, 2.75) is 26.4 Å². The van der Waals surface area contributed by atoms with Crippen LogP contribution in [0.4, 0.5) is 10.5 Å². The largest absolute Gasteiger partial charge is 0.443 e. The quantitative estimate of drug-likeness (QED) is 0.583. The SMILES string of the molecule is C#CN(C(=O)OC(C)(C)C)c1ccc(Br)cc1. The van der Waals surface area contributed by atoms with Crippen molar-refractivity contribution in [3.05, 3.63) is 28.7 Å². The van der Waals surface area contributed by atoms with Crippen LogP contribution in [0.5, 0.6) is 0 Å². The van der Waals surface area contributed by atoms with Gasteiger partial charge in [0.15, 0.2) is 0 Å². The predicted molar refractivity (Wildman–Crippen MR) is 71.7 cm³/mol. The van der Waals surface area contributed by atoms with Crippen molar-refractivity contribution in [3.63, 3.8) is 0 Å². The van der Waals surface area contributed by atoms with E-state index in [0.717, 1.165) is 9.37 Å². The standard InChI is InChI=1S/C13H14BrNO2/c1-5-15(12(16)17-13(2,3)4)11-8-6-10(14)7-9-11/h1,6-9H,2-4H3. The van der Waals surface area contributed by atoms with Crippen molar-refractivity contribution >= 4 is 27.7 Å². The number of terminal acetylenes is 1. The molecule has 0 saturated heterocycles. The van der Waals surface area contributed by atoms with E-state index in [1.54, 1.807) is 32.9 Å². The summed E-state index contributed by atoms with van der Waals surface area (Å²) in [6.45, 7) is 5.38. The van der Waals surface area contributed by atoms with Gasteiger partial charge in [0.25, 0.3) is 0 Å². The summed E-state index contributed by atoms with van der Waals surface area (Å²) in [4.78, 5) is 13.0. The van der Waals surface area contributed by atoms with Gasteiger partial charge in [-0.3, -0.25) is 0 Å². The van der Waals surface area contributed by atoms with Crippen LogP contribution in [0, 0.1) is 12.5 Å². The van der Waals surface area contributed by atoms with Crippen molar-refractivity contribution in [3.8, 4) is 12.5 Å². The van der Waals surface area contributed by atoms with Crippen molar-refractivity contribution in [2.75, 3.05) is 4.90 Å². The molecule has 17 heavy (non-hydrogen) atoms. The number of amides is 1. The Kier molecular flexibility index (Phi) is 4.19. The van der Waals surface area contributed by atoms with Gasteiger partial charge >= 0.3 is 6.09 Å². The van der Waals surface area contributed by atoms with E-state index >= 15 is 0 Å². The molecule has 0 heterocycles. The predicted octanol–water partition coefficient (Wildman–Crippen LogP) is 3.78. The molecule has 0 aromatic heterocycles. The van der Waals surface area contributed by atoms with Gasteiger partial charge in [0.2, 0.25) is 0 Å². The molecule has 3 nitrogen and oxygen atoms in total. The third-order valence-electron chi connectivity index (χ3n) is 1.79. The van der Waals surface area contributed by atoms with Gasteiger partial charge in [-0.2, -0.15) is 0 Å². The van der Waals surface area contributed by atoms with Gasteiger partial charge in [-0.05, 0) is 45.0 Å². The van der Waals surface area contributed by atoms with E-state index in [9.17, 15) is 4.79 Å². The van der Waals surface area contributed by atoms with E-state index < -0.39 is 11.7 Å². The highest BCUT2D eigenvalue weighted by Crippen LogP contribution is 2.20. The van der Waals surface area contributed by atoms with Gasteiger partial charge in [-0.15, -0.1) is 0 Å². The Labute approximate surface area is 110 Å². The molecule has 4 heteroatoms. The molecule has 1 aromatic rings. The number of carbonyl (C=O) groups is 1. The fourth-order valence-electron chi connectivity index (χ4n) is 1.13. The lowest BCUT2D eigenvalue weighted by atomic mass is 10.2. The fraction of sp³-hybridized carbons (Fsp3) is 0.308. The molecule has 0 bridgehead atoms. The van der Waals surface area contributed by atoms with Crippen LogP contribution in [-0.2, 0) is 4.74 Å². The van der Waals surface area contributed by atoms with Crippen LogP contribution in [0.15, 0.2) is 28.7 Å². The zero-order valence-electron chi connectivity index (χ0n) is 10.0. The Bertz CT molecular complexity index is 440. The first kappa shape index (κ1) is 13.6. The molecule has 1 amide bonds. The van der Waals surface area contributed by atoms with Gasteiger partial charge in [0.05, 0.1) is 5.69 Å². The molecule has 0 aliphatic heterocycles. The molecular formula is C13H14BrNO2. The molecule has 0 atom stereocenters. The lowest BCUT2D eigenvalue weighted by Crippen LogP contribution is -2.33. The fourth-order valence-corrected chi connectivity index (χ4v) is 1.39. The summed E-state index contributed by atoms with van der Waals surface area (Å²) < 4.78 is 6.13. The maximum Gasteiger partial charge on any atom is 0.426 e. The highest BCUT2D eigenvalue weighted by Gasteiger charge is 2.22. The number of rotatable bonds is 1. The Morgan fingerprint density at radius 1 is 1.35 bits per heavy atom. The first-order chi connectivity index (χ1) is 7.83. The van der Waals surface area contributed by atoms with Gasteiger partial charge in [-0.25, -0.2) is 9.69 Å². The second-order valence-corrected chi connectivity index (χ2v) is 5.34. The smallest absolute Gasteiger partial charge is 0.426 e. The third-order valence-corrected chi connectivity index (χ3v) is 2.32. The number of ether oxygens (including phenoxy) is 1. The summed E-state index contributed by atoms with van der Waals surface area (Å²) in [5.41, 5.74) is 0.0339. The topological polar surface area (TPSA) is 29.5 Å². The highest BCUT2D eigenvalue weighted by atomic mass is 79.9. The van der Waals surface area contributed by atoms with Crippen molar-refractivity contribution in [2.24, 2.45) is 0 Å². The minimum Gasteiger partial charge on any atom is -0.443 e. The van der Waals surface area contributed by atoms with E-state index in [0.29, 0.717) is 5.69 Å². The first-order valence-corrected chi connectivity index (χ1v) is 5.88. The van der Waals surface area contributed by atoms with Crippen molar-refractivity contribution < 1.29 is 9.53 Å². The molecule has 1 rings (SSSR count). The van der Waals surface area contributed by atoms with Crippen LogP contribution in [-0.4, -0.2) is 11.7 Å². The van der Waals surface area contributed by atoms with E-state index in [4.69, 9.17) is 11.2 Å². The summed E-state index contributed by atoms with van der Waals surface area (Å²) in [5.74, 6) is 0. The highest BCUT2D eigenvalue weighted by molar-refractivity contribution is 9.10. The van der Waals surface area contributed by atoms with E-state index in [2.05, 4.69) is 22.0 Å². The Balaban J connectivity index is 2.90. The molecular weight excluding hydrogens is 282 g/mol. The summed E-state index contributed by atoms with van der Waals surface area (Å²) in [7, 11) is 0. The van der Waals surface area contributed by atoms with E-state index in [-0.39, 0.29) is 0 Å². The lowest BCUT2D eigenvalue weighted by molar-refractivity contribution is 0.0600. The summed E-state index contributed by atoms with van der Waals surface area (Å²) in [6, 6.07) is 9.41. The molecule has 0 aliphatic carbocycles. The Morgan fingerprint density at radius 2 is 1.88 bits per heavy atom. The second-order valence-electron chi connectivity index (χ2n) is 4.42. The summed E-state index contributed by atoms with van der Waals surface area (Å²) in [5, 5.41) is 0. The number of benzene rings is 1. The molecule has 0 saturated carbocycles. The molecule has 0 radical (unpaired) electrons. The monoisotopic (exact) mass is 295 g/mol. The Morgan fingerprint density at radius 3 is 2.29 bits per heavy atom. The van der Waals surface area contributed by atoms with Crippen LogP contribution in [0.2, 0.25) is 0 Å². The maximum absolute atomic E-state index is 11.8. The van der Waals surface area contributed by atoms with Crippen LogP contribution in [0.1, 0.15) is 20.8 Å². The van der Waals surface area contributed by atoms with E-state index in [1.165, 1.54) is 0 Å². The van der Waals surface area contributed by atoms with Gasteiger partial charge in [-0.1, -0.05) is 22.4 Å². The van der Waals surface area contributed by atoms with Crippen LogP contribution in [0.3, 0.4) is 0 Å². The van der Waals surface area contributed by atoms with Crippen LogP contribution in [0.25, 0.3) is 0 Å². The lowest BCUT2D eigenvalue weighted by Gasteiger charge is -2.23. The molecule has 1 aromatic carbocycles. The van der Waals surface area contributed by atoms with Gasteiger partial charge in [0, 0.05) is 10.5 Å². The zero-order chi connectivity index (χ0) is 13.1.